The number of ether oxygens (including phenoxy) is 2. The monoisotopic (exact) mass is 349 g/mol. The summed E-state index contributed by atoms with van der Waals surface area (Å²) in [6, 6.07) is 7.04. The van der Waals surface area contributed by atoms with E-state index in [9.17, 15) is 5.11 Å². The summed E-state index contributed by atoms with van der Waals surface area (Å²) in [5.74, 6) is 0. The molecule has 2 aliphatic heterocycles. The summed E-state index contributed by atoms with van der Waals surface area (Å²) in [6.45, 7) is 2.97. The van der Waals surface area contributed by atoms with Gasteiger partial charge in [-0.3, -0.25) is 4.68 Å². The van der Waals surface area contributed by atoms with Crippen LogP contribution in [-0.4, -0.2) is 46.0 Å². The van der Waals surface area contributed by atoms with Crippen LogP contribution in [0, 0.1) is 6.92 Å². The zero-order chi connectivity index (χ0) is 16.7. The lowest BCUT2D eigenvalue weighted by molar-refractivity contribution is -0.168. The van der Waals surface area contributed by atoms with E-state index in [1.54, 1.807) is 10.9 Å². The minimum atomic E-state index is -0.668. The molecule has 0 spiro atoms. The van der Waals surface area contributed by atoms with Crippen LogP contribution in [0.1, 0.15) is 17.2 Å². The van der Waals surface area contributed by atoms with Crippen LogP contribution in [0.3, 0.4) is 0 Å². The van der Waals surface area contributed by atoms with Crippen molar-refractivity contribution in [3.8, 4) is 0 Å². The molecule has 3 heterocycles. The Bertz CT molecular complexity index is 723. The Morgan fingerprint density at radius 2 is 2.25 bits per heavy atom. The number of hydrogen-bond acceptors (Lipinski definition) is 5. The first kappa shape index (κ1) is 16.1. The molecule has 2 saturated heterocycles. The van der Waals surface area contributed by atoms with Gasteiger partial charge in [-0.2, -0.15) is 5.10 Å². The van der Waals surface area contributed by atoms with Crippen LogP contribution < -0.4 is 5.32 Å². The highest BCUT2D eigenvalue weighted by Gasteiger charge is 2.51. The lowest BCUT2D eigenvalue weighted by atomic mass is 9.96. The van der Waals surface area contributed by atoms with Crippen molar-refractivity contribution in [3.63, 3.8) is 0 Å². The van der Waals surface area contributed by atoms with Crippen LogP contribution in [-0.2, 0) is 16.0 Å². The summed E-state index contributed by atoms with van der Waals surface area (Å²) in [5.41, 5.74) is 2.02. The molecule has 1 aromatic heterocycles. The molecule has 0 aliphatic carbocycles. The van der Waals surface area contributed by atoms with E-state index in [0.29, 0.717) is 18.2 Å². The summed E-state index contributed by atoms with van der Waals surface area (Å²) in [6.07, 6.45) is 2.34. The zero-order valence-electron chi connectivity index (χ0n) is 13.3. The Balaban J connectivity index is 1.53. The van der Waals surface area contributed by atoms with Gasteiger partial charge in [0.25, 0.3) is 0 Å². The predicted molar refractivity (Wildman–Crippen MR) is 88.7 cm³/mol. The number of rotatable bonds is 4. The van der Waals surface area contributed by atoms with Crippen molar-refractivity contribution < 1.29 is 14.6 Å². The Hall–Kier alpha value is -1.44. The molecule has 5 unspecified atom stereocenters. The molecule has 0 amide bonds. The van der Waals surface area contributed by atoms with Crippen molar-refractivity contribution in [3.05, 3.63) is 52.8 Å². The molecule has 2 N–H and O–H groups in total. The summed E-state index contributed by atoms with van der Waals surface area (Å²) >= 11 is 6.21. The van der Waals surface area contributed by atoms with Gasteiger partial charge in [0.05, 0.1) is 24.9 Å². The molecule has 128 valence electrons. The SMILES string of the molecule is Cc1cnn(C2C3OCC(O3)C(NCc3ccccc3Cl)C2O)c1. The molecule has 7 heteroatoms. The Morgan fingerprint density at radius 3 is 3.00 bits per heavy atom. The number of fused-ring (bicyclic) bond motifs is 2. The van der Waals surface area contributed by atoms with Gasteiger partial charge >= 0.3 is 0 Å². The Kier molecular flexibility index (Phi) is 4.32. The standard InChI is InChI=1S/C17H20ClN3O3/c1-10-6-20-21(8-10)15-16(22)14(13-9-23-17(15)24-13)19-7-11-4-2-3-5-12(11)18/h2-6,8,13-17,19,22H,7,9H2,1H3. The van der Waals surface area contributed by atoms with E-state index in [1.165, 1.54) is 0 Å². The number of halogens is 1. The second-order valence-electron chi connectivity index (χ2n) is 6.35. The van der Waals surface area contributed by atoms with E-state index in [-0.39, 0.29) is 18.2 Å². The first-order valence-corrected chi connectivity index (χ1v) is 8.44. The number of aliphatic hydroxyl groups excluding tert-OH is 1. The summed E-state index contributed by atoms with van der Waals surface area (Å²) in [7, 11) is 0. The van der Waals surface area contributed by atoms with Crippen molar-refractivity contribution in [1.82, 2.24) is 15.1 Å². The molecule has 2 fully saturated rings. The molecule has 1 aromatic carbocycles. The van der Waals surface area contributed by atoms with Crippen LogP contribution in [0.15, 0.2) is 36.7 Å². The highest BCUT2D eigenvalue weighted by atomic mass is 35.5. The van der Waals surface area contributed by atoms with Crippen LogP contribution in [0.4, 0.5) is 0 Å². The van der Waals surface area contributed by atoms with Gasteiger partial charge in [0, 0.05) is 17.8 Å². The van der Waals surface area contributed by atoms with Crippen molar-refractivity contribution >= 4 is 11.6 Å². The van der Waals surface area contributed by atoms with Crippen LogP contribution in [0.25, 0.3) is 0 Å². The number of benzene rings is 1. The maximum Gasteiger partial charge on any atom is 0.183 e. The summed E-state index contributed by atoms with van der Waals surface area (Å²) in [4.78, 5) is 0. The fourth-order valence-electron chi connectivity index (χ4n) is 3.40. The number of aryl methyl sites for hydroxylation is 1. The quantitative estimate of drug-likeness (QED) is 0.878. The van der Waals surface area contributed by atoms with Gasteiger partial charge in [-0.1, -0.05) is 29.8 Å². The van der Waals surface area contributed by atoms with Crippen molar-refractivity contribution in [1.29, 1.82) is 0 Å². The van der Waals surface area contributed by atoms with E-state index in [1.807, 2.05) is 37.4 Å². The van der Waals surface area contributed by atoms with E-state index >= 15 is 0 Å². The molecular formula is C17H20ClN3O3. The fraction of sp³-hybridized carbons (Fsp3) is 0.471. The van der Waals surface area contributed by atoms with E-state index < -0.39 is 12.4 Å². The molecule has 2 bridgehead atoms. The van der Waals surface area contributed by atoms with Crippen molar-refractivity contribution in [2.45, 2.75) is 44.1 Å². The highest BCUT2D eigenvalue weighted by molar-refractivity contribution is 6.31. The highest BCUT2D eigenvalue weighted by Crippen LogP contribution is 2.35. The minimum absolute atomic E-state index is 0.180. The first-order chi connectivity index (χ1) is 11.6. The van der Waals surface area contributed by atoms with Crippen molar-refractivity contribution in [2.75, 3.05) is 6.61 Å². The lowest BCUT2D eigenvalue weighted by Crippen LogP contribution is -2.57. The molecule has 4 rings (SSSR count). The van der Waals surface area contributed by atoms with Gasteiger partial charge < -0.3 is 19.9 Å². The summed E-state index contributed by atoms with van der Waals surface area (Å²) < 4.78 is 13.4. The molecule has 0 radical (unpaired) electrons. The third kappa shape index (κ3) is 2.85. The molecule has 0 saturated carbocycles. The largest absolute Gasteiger partial charge is 0.389 e. The Labute approximate surface area is 145 Å². The third-order valence-corrected chi connectivity index (χ3v) is 5.02. The molecule has 2 aliphatic rings. The normalized spacial score (nSPS) is 32.2. The van der Waals surface area contributed by atoms with Crippen LogP contribution in [0.5, 0.6) is 0 Å². The van der Waals surface area contributed by atoms with Gasteiger partial charge in [0.2, 0.25) is 0 Å². The molecule has 2 aromatic rings. The maximum atomic E-state index is 10.9. The number of aliphatic hydroxyl groups is 1. The molecule has 6 nitrogen and oxygen atoms in total. The Morgan fingerprint density at radius 1 is 1.42 bits per heavy atom. The number of nitrogens with zero attached hydrogens (tertiary/aromatic N) is 2. The summed E-state index contributed by atoms with van der Waals surface area (Å²) in [5, 5.41) is 19.3. The van der Waals surface area contributed by atoms with Gasteiger partial charge in [-0.25, -0.2) is 0 Å². The van der Waals surface area contributed by atoms with E-state index in [2.05, 4.69) is 10.4 Å². The maximum absolute atomic E-state index is 10.9. The molecular weight excluding hydrogens is 330 g/mol. The first-order valence-electron chi connectivity index (χ1n) is 8.06. The second-order valence-corrected chi connectivity index (χ2v) is 6.76. The average molecular weight is 350 g/mol. The van der Waals surface area contributed by atoms with Gasteiger partial charge in [0.15, 0.2) is 6.29 Å². The van der Waals surface area contributed by atoms with E-state index in [0.717, 1.165) is 11.1 Å². The second kappa shape index (κ2) is 6.46. The van der Waals surface area contributed by atoms with Crippen LogP contribution in [0.2, 0.25) is 5.02 Å². The number of nitrogens with one attached hydrogen (secondary N) is 1. The smallest absolute Gasteiger partial charge is 0.183 e. The zero-order valence-corrected chi connectivity index (χ0v) is 14.1. The van der Waals surface area contributed by atoms with Gasteiger partial charge in [-0.15, -0.1) is 0 Å². The molecule has 24 heavy (non-hydrogen) atoms. The number of aromatic nitrogens is 2. The van der Waals surface area contributed by atoms with Crippen molar-refractivity contribution in [2.24, 2.45) is 0 Å². The lowest BCUT2D eigenvalue weighted by Gasteiger charge is -2.38. The minimum Gasteiger partial charge on any atom is -0.389 e. The van der Waals surface area contributed by atoms with E-state index in [4.69, 9.17) is 21.1 Å². The van der Waals surface area contributed by atoms with Gasteiger partial charge in [-0.05, 0) is 24.1 Å². The predicted octanol–water partition coefficient (Wildman–Crippen LogP) is 1.66. The molecule has 5 atom stereocenters. The van der Waals surface area contributed by atoms with Crippen LogP contribution >= 0.6 is 11.6 Å². The number of hydrogen-bond donors (Lipinski definition) is 2. The van der Waals surface area contributed by atoms with Gasteiger partial charge in [0.1, 0.15) is 12.1 Å². The fourth-order valence-corrected chi connectivity index (χ4v) is 3.60. The third-order valence-electron chi connectivity index (χ3n) is 4.65. The topological polar surface area (TPSA) is 68.5 Å². The average Bonchev–Trinajstić information content (AvgIpc) is 3.17.